The van der Waals surface area contributed by atoms with E-state index in [1.165, 1.54) is 12.1 Å². The van der Waals surface area contributed by atoms with Crippen LogP contribution in [0.25, 0.3) is 0 Å². The molecule has 7 heteroatoms. The van der Waals surface area contributed by atoms with E-state index in [0.717, 1.165) is 0 Å². The maximum absolute atomic E-state index is 12.0. The lowest BCUT2D eigenvalue weighted by Gasteiger charge is -2.22. The Balaban J connectivity index is 2.11. The van der Waals surface area contributed by atoms with Crippen LogP contribution in [0.2, 0.25) is 10.0 Å². The van der Waals surface area contributed by atoms with Crippen molar-refractivity contribution >= 4 is 40.9 Å². The summed E-state index contributed by atoms with van der Waals surface area (Å²) in [6.07, 6.45) is 0.467. The second-order valence-corrected chi connectivity index (χ2v) is 4.94. The summed E-state index contributed by atoms with van der Waals surface area (Å²) in [7, 11) is 0. The maximum atomic E-state index is 12.0. The predicted octanol–water partition coefficient (Wildman–Crippen LogP) is 1.53. The third-order valence-electron chi connectivity index (χ3n) is 2.72. The zero-order chi connectivity index (χ0) is 14.0. The van der Waals surface area contributed by atoms with Gasteiger partial charge in [-0.25, -0.2) is 0 Å². The summed E-state index contributed by atoms with van der Waals surface area (Å²) in [4.78, 5) is 34.5. The van der Waals surface area contributed by atoms with Crippen LogP contribution < -0.4 is 10.6 Å². The third kappa shape index (κ3) is 3.24. The standard InChI is InChI=1S/C12H10Cl2N2O3/c13-6-1-2-8(14)7(5-6)11(18)15-9-3-4-10(17)16-12(9)19/h1-2,5,9H,3-4H2,(H,15,18)(H,16,17,19). The van der Waals surface area contributed by atoms with Crippen molar-refractivity contribution in [3.05, 3.63) is 33.8 Å². The van der Waals surface area contributed by atoms with Gasteiger partial charge in [-0.05, 0) is 24.6 Å². The molecule has 1 fully saturated rings. The number of nitrogens with one attached hydrogen (secondary N) is 2. The van der Waals surface area contributed by atoms with E-state index in [1.54, 1.807) is 6.07 Å². The van der Waals surface area contributed by atoms with E-state index < -0.39 is 17.9 Å². The Morgan fingerprint density at radius 3 is 2.74 bits per heavy atom. The van der Waals surface area contributed by atoms with Gasteiger partial charge in [0.1, 0.15) is 6.04 Å². The van der Waals surface area contributed by atoms with Gasteiger partial charge in [0, 0.05) is 11.4 Å². The van der Waals surface area contributed by atoms with Gasteiger partial charge in [0.15, 0.2) is 0 Å². The van der Waals surface area contributed by atoms with Crippen molar-refractivity contribution in [1.29, 1.82) is 0 Å². The second-order valence-electron chi connectivity index (χ2n) is 4.10. The fraction of sp³-hybridized carbons (Fsp3) is 0.250. The van der Waals surface area contributed by atoms with Gasteiger partial charge < -0.3 is 5.32 Å². The van der Waals surface area contributed by atoms with Crippen molar-refractivity contribution in [2.45, 2.75) is 18.9 Å². The average Bonchev–Trinajstić information content (AvgIpc) is 2.35. The summed E-state index contributed by atoms with van der Waals surface area (Å²) in [6, 6.07) is 3.75. The molecule has 2 rings (SSSR count). The molecule has 1 unspecified atom stereocenters. The Bertz CT molecular complexity index is 560. The summed E-state index contributed by atoms with van der Waals surface area (Å²) < 4.78 is 0. The smallest absolute Gasteiger partial charge is 0.253 e. The number of carbonyl (C=O) groups excluding carboxylic acids is 3. The summed E-state index contributed by atoms with van der Waals surface area (Å²) in [5.74, 6) is -1.35. The minimum Gasteiger partial charge on any atom is -0.340 e. The van der Waals surface area contributed by atoms with E-state index in [-0.39, 0.29) is 29.3 Å². The number of carbonyl (C=O) groups is 3. The number of rotatable bonds is 2. The number of hydrogen-bond acceptors (Lipinski definition) is 3. The summed E-state index contributed by atoms with van der Waals surface area (Å²) in [5, 5.41) is 5.31. The molecule has 5 nitrogen and oxygen atoms in total. The van der Waals surface area contributed by atoms with Gasteiger partial charge in [0.2, 0.25) is 11.8 Å². The molecule has 1 saturated heterocycles. The lowest BCUT2D eigenvalue weighted by molar-refractivity contribution is -0.134. The Kier molecular flexibility index (Phi) is 4.07. The highest BCUT2D eigenvalue weighted by Crippen LogP contribution is 2.20. The van der Waals surface area contributed by atoms with Crippen molar-refractivity contribution < 1.29 is 14.4 Å². The van der Waals surface area contributed by atoms with E-state index in [2.05, 4.69) is 10.6 Å². The van der Waals surface area contributed by atoms with Gasteiger partial charge in [0.05, 0.1) is 10.6 Å². The molecule has 0 aliphatic carbocycles. The first-order valence-corrected chi connectivity index (χ1v) is 6.32. The summed E-state index contributed by atoms with van der Waals surface area (Å²) in [6.45, 7) is 0. The minimum atomic E-state index is -0.736. The number of benzene rings is 1. The Hall–Kier alpha value is -1.59. The number of halogens is 2. The largest absolute Gasteiger partial charge is 0.340 e. The molecule has 3 amide bonds. The average molecular weight is 301 g/mol. The molecular formula is C12H10Cl2N2O3. The Morgan fingerprint density at radius 2 is 2.05 bits per heavy atom. The van der Waals surface area contributed by atoms with Crippen LogP contribution >= 0.6 is 23.2 Å². The molecule has 1 atom stereocenters. The van der Waals surface area contributed by atoms with Crippen LogP contribution in [0.1, 0.15) is 23.2 Å². The van der Waals surface area contributed by atoms with Crippen LogP contribution in [0.4, 0.5) is 0 Å². The highest BCUT2D eigenvalue weighted by molar-refractivity contribution is 6.35. The number of amides is 3. The fourth-order valence-corrected chi connectivity index (χ4v) is 2.11. The van der Waals surface area contributed by atoms with Crippen LogP contribution in [0, 0.1) is 0 Å². The van der Waals surface area contributed by atoms with Gasteiger partial charge in [-0.2, -0.15) is 0 Å². The van der Waals surface area contributed by atoms with Crippen molar-refractivity contribution in [1.82, 2.24) is 10.6 Å². The number of imide groups is 1. The molecule has 1 aromatic carbocycles. The van der Waals surface area contributed by atoms with Gasteiger partial charge in [-0.3, -0.25) is 19.7 Å². The quantitative estimate of drug-likeness (QED) is 0.813. The van der Waals surface area contributed by atoms with Gasteiger partial charge in [-0.1, -0.05) is 23.2 Å². The van der Waals surface area contributed by atoms with Crippen molar-refractivity contribution in [3.63, 3.8) is 0 Å². The number of piperidine rings is 1. The van der Waals surface area contributed by atoms with Crippen LogP contribution in [0.5, 0.6) is 0 Å². The van der Waals surface area contributed by atoms with Crippen LogP contribution in [0.3, 0.4) is 0 Å². The SMILES string of the molecule is O=C1CCC(NC(=O)c2cc(Cl)ccc2Cl)C(=O)N1. The molecule has 1 aliphatic heterocycles. The molecule has 0 spiro atoms. The first kappa shape index (κ1) is 13.8. The zero-order valence-electron chi connectivity index (χ0n) is 9.70. The molecule has 0 radical (unpaired) electrons. The highest BCUT2D eigenvalue weighted by Gasteiger charge is 2.28. The Labute approximate surface area is 119 Å². The fourth-order valence-electron chi connectivity index (χ4n) is 1.74. The number of hydrogen-bond donors (Lipinski definition) is 2. The molecule has 1 heterocycles. The first-order chi connectivity index (χ1) is 8.97. The van der Waals surface area contributed by atoms with Gasteiger partial charge in [0.25, 0.3) is 5.91 Å². The normalized spacial score (nSPS) is 18.9. The van der Waals surface area contributed by atoms with Gasteiger partial charge >= 0.3 is 0 Å². The second kappa shape index (κ2) is 5.59. The topological polar surface area (TPSA) is 75.3 Å². The molecule has 2 N–H and O–H groups in total. The lowest BCUT2D eigenvalue weighted by atomic mass is 10.1. The molecule has 0 bridgehead atoms. The third-order valence-corrected chi connectivity index (χ3v) is 3.28. The van der Waals surface area contributed by atoms with E-state index in [1.807, 2.05) is 0 Å². The molecular weight excluding hydrogens is 291 g/mol. The van der Waals surface area contributed by atoms with Gasteiger partial charge in [-0.15, -0.1) is 0 Å². The zero-order valence-corrected chi connectivity index (χ0v) is 11.2. The van der Waals surface area contributed by atoms with Crippen LogP contribution in [-0.2, 0) is 9.59 Å². The Morgan fingerprint density at radius 1 is 1.32 bits per heavy atom. The van der Waals surface area contributed by atoms with Crippen molar-refractivity contribution in [2.24, 2.45) is 0 Å². The van der Waals surface area contributed by atoms with E-state index in [0.29, 0.717) is 5.02 Å². The molecule has 0 saturated carbocycles. The van der Waals surface area contributed by atoms with Crippen molar-refractivity contribution in [3.8, 4) is 0 Å². The summed E-state index contributed by atoms with van der Waals surface area (Å²) in [5.41, 5.74) is 0.193. The summed E-state index contributed by atoms with van der Waals surface area (Å²) >= 11 is 11.7. The first-order valence-electron chi connectivity index (χ1n) is 5.57. The molecule has 0 aromatic heterocycles. The molecule has 1 aliphatic rings. The van der Waals surface area contributed by atoms with Crippen molar-refractivity contribution in [2.75, 3.05) is 0 Å². The van der Waals surface area contributed by atoms with Crippen LogP contribution in [0.15, 0.2) is 18.2 Å². The highest BCUT2D eigenvalue weighted by atomic mass is 35.5. The maximum Gasteiger partial charge on any atom is 0.253 e. The predicted molar refractivity (Wildman–Crippen MR) is 70.1 cm³/mol. The molecule has 1 aromatic rings. The molecule has 19 heavy (non-hydrogen) atoms. The van der Waals surface area contributed by atoms with E-state index in [4.69, 9.17) is 23.2 Å². The lowest BCUT2D eigenvalue weighted by Crippen LogP contribution is -2.52. The van der Waals surface area contributed by atoms with Crippen LogP contribution in [-0.4, -0.2) is 23.8 Å². The van der Waals surface area contributed by atoms with E-state index in [9.17, 15) is 14.4 Å². The van der Waals surface area contributed by atoms with E-state index >= 15 is 0 Å². The molecule has 100 valence electrons. The monoisotopic (exact) mass is 300 g/mol. The minimum absolute atomic E-state index is 0.193.